The van der Waals surface area contributed by atoms with E-state index < -0.39 is 6.10 Å². The molecule has 0 heterocycles. The molecule has 0 saturated carbocycles. The minimum atomic E-state index is -0.793. The van der Waals surface area contributed by atoms with Crippen molar-refractivity contribution in [2.24, 2.45) is 0 Å². The van der Waals surface area contributed by atoms with Gasteiger partial charge in [-0.25, -0.2) is 0 Å². The first-order valence-electron chi connectivity index (χ1n) is 27.6. The SMILES string of the molecule is CC/C=C\C/C=C\C/C=C\C/C=C\C/C=C\CCCCCC(=O)OC[C@@H](COC(=O)CCCCCCCCCCCCCC)OC(=O)CCCCCCCCC/C=C\C/C=C\CCCCC. The van der Waals surface area contributed by atoms with Gasteiger partial charge in [-0.05, 0) is 96.3 Å². The van der Waals surface area contributed by atoms with Crippen LogP contribution in [0.2, 0.25) is 0 Å². The molecule has 0 aliphatic carbocycles. The molecule has 0 aliphatic heterocycles. The van der Waals surface area contributed by atoms with E-state index in [0.29, 0.717) is 19.3 Å². The Bertz CT molecular complexity index is 1290. The molecule has 0 N–H and O–H groups in total. The van der Waals surface area contributed by atoms with Gasteiger partial charge in [0.05, 0.1) is 0 Å². The van der Waals surface area contributed by atoms with Crippen molar-refractivity contribution < 1.29 is 28.6 Å². The predicted molar refractivity (Wildman–Crippen MR) is 284 cm³/mol. The number of carbonyl (C=O) groups is 3. The summed E-state index contributed by atoms with van der Waals surface area (Å²) in [5, 5.41) is 0. The summed E-state index contributed by atoms with van der Waals surface area (Å²) in [6.07, 6.45) is 69.9. The Morgan fingerprint density at radius 3 is 0.970 bits per heavy atom. The molecule has 6 heteroatoms. The summed E-state index contributed by atoms with van der Waals surface area (Å²) in [6.45, 7) is 6.47. The van der Waals surface area contributed by atoms with Gasteiger partial charge in [0, 0.05) is 19.3 Å². The first-order valence-corrected chi connectivity index (χ1v) is 27.6. The maximum atomic E-state index is 12.8. The zero-order valence-corrected chi connectivity index (χ0v) is 43.2. The molecule has 0 rings (SSSR count). The third-order valence-corrected chi connectivity index (χ3v) is 11.6. The van der Waals surface area contributed by atoms with Crippen LogP contribution in [0.15, 0.2) is 85.1 Å². The summed E-state index contributed by atoms with van der Waals surface area (Å²) in [6, 6.07) is 0. The second-order valence-corrected chi connectivity index (χ2v) is 18.1. The maximum Gasteiger partial charge on any atom is 0.306 e. The molecule has 0 aliphatic rings. The molecule has 0 radical (unpaired) electrons. The predicted octanol–water partition coefficient (Wildman–Crippen LogP) is 18.4. The molecule has 0 saturated heterocycles. The fourth-order valence-electron chi connectivity index (χ4n) is 7.50. The Morgan fingerprint density at radius 2 is 0.591 bits per heavy atom. The second-order valence-electron chi connectivity index (χ2n) is 18.1. The van der Waals surface area contributed by atoms with Crippen molar-refractivity contribution in [1.29, 1.82) is 0 Å². The highest BCUT2D eigenvalue weighted by Crippen LogP contribution is 2.15. The highest BCUT2D eigenvalue weighted by atomic mass is 16.6. The number of carbonyl (C=O) groups excluding carboxylic acids is 3. The van der Waals surface area contributed by atoms with Crippen LogP contribution in [0.5, 0.6) is 0 Å². The van der Waals surface area contributed by atoms with Gasteiger partial charge in [-0.3, -0.25) is 14.4 Å². The van der Waals surface area contributed by atoms with Gasteiger partial charge in [-0.1, -0.05) is 228 Å². The van der Waals surface area contributed by atoms with Crippen LogP contribution in [-0.4, -0.2) is 37.2 Å². The van der Waals surface area contributed by atoms with Gasteiger partial charge in [0.25, 0.3) is 0 Å². The van der Waals surface area contributed by atoms with Gasteiger partial charge in [-0.15, -0.1) is 0 Å². The van der Waals surface area contributed by atoms with Crippen molar-refractivity contribution in [3.8, 4) is 0 Å². The van der Waals surface area contributed by atoms with E-state index in [1.165, 1.54) is 109 Å². The van der Waals surface area contributed by atoms with Crippen LogP contribution < -0.4 is 0 Å². The van der Waals surface area contributed by atoms with Gasteiger partial charge >= 0.3 is 17.9 Å². The molecule has 0 amide bonds. The van der Waals surface area contributed by atoms with E-state index >= 15 is 0 Å². The highest BCUT2D eigenvalue weighted by Gasteiger charge is 2.19. The van der Waals surface area contributed by atoms with E-state index in [1.54, 1.807) is 0 Å². The van der Waals surface area contributed by atoms with Gasteiger partial charge < -0.3 is 14.2 Å². The lowest BCUT2D eigenvalue weighted by molar-refractivity contribution is -0.167. The monoisotopic (exact) mass is 919 g/mol. The largest absolute Gasteiger partial charge is 0.462 e. The number of hydrogen-bond donors (Lipinski definition) is 0. The van der Waals surface area contributed by atoms with E-state index in [4.69, 9.17) is 14.2 Å². The Hall–Kier alpha value is -3.41. The zero-order chi connectivity index (χ0) is 47.9. The van der Waals surface area contributed by atoms with E-state index in [9.17, 15) is 14.4 Å². The molecule has 0 fully saturated rings. The average molecular weight is 919 g/mol. The number of hydrogen-bond acceptors (Lipinski definition) is 6. The van der Waals surface area contributed by atoms with E-state index in [0.717, 1.165) is 109 Å². The van der Waals surface area contributed by atoms with Crippen LogP contribution in [-0.2, 0) is 28.6 Å². The molecule has 0 spiro atoms. The van der Waals surface area contributed by atoms with Crippen molar-refractivity contribution in [3.63, 3.8) is 0 Å². The summed E-state index contributed by atoms with van der Waals surface area (Å²) in [5.74, 6) is -0.927. The third-order valence-electron chi connectivity index (χ3n) is 11.6. The summed E-state index contributed by atoms with van der Waals surface area (Å²) >= 11 is 0. The number of allylic oxidation sites excluding steroid dienone is 14. The first kappa shape index (κ1) is 62.6. The Morgan fingerprint density at radius 1 is 0.318 bits per heavy atom. The van der Waals surface area contributed by atoms with Gasteiger partial charge in [0.15, 0.2) is 6.10 Å². The molecular formula is C60H102O6. The molecule has 0 aromatic heterocycles. The van der Waals surface area contributed by atoms with Crippen LogP contribution in [0.4, 0.5) is 0 Å². The van der Waals surface area contributed by atoms with Crippen LogP contribution in [0.1, 0.15) is 258 Å². The van der Waals surface area contributed by atoms with Crippen LogP contribution in [0, 0.1) is 0 Å². The number of esters is 3. The Balaban J connectivity index is 4.44. The first-order chi connectivity index (χ1) is 32.5. The molecule has 0 bridgehead atoms. The fraction of sp³-hybridized carbons (Fsp3) is 0.717. The van der Waals surface area contributed by atoms with Crippen molar-refractivity contribution in [2.45, 2.75) is 264 Å². The number of ether oxygens (including phenoxy) is 3. The summed E-state index contributed by atoms with van der Waals surface area (Å²) in [4.78, 5) is 38.1. The lowest BCUT2D eigenvalue weighted by Crippen LogP contribution is -2.30. The third kappa shape index (κ3) is 51.6. The molecule has 66 heavy (non-hydrogen) atoms. The van der Waals surface area contributed by atoms with Crippen LogP contribution in [0.25, 0.3) is 0 Å². The standard InChI is InChI=1S/C60H102O6/c1-4-7-10-13-16-19-22-25-27-29-30-32-33-35-38-41-44-47-50-53-59(62)65-56-57(55-64-58(61)52-49-46-43-40-37-24-21-18-15-12-9-6-3)66-60(63)54-51-48-45-42-39-36-34-31-28-26-23-20-17-14-11-8-5-2/h7,10,16-17,19-20,25-28,30,32,35,38,57H,4-6,8-9,11-15,18,21-24,29,31,33-34,36-37,39-56H2,1-3H3/b10-7-,19-16-,20-17-,27-25-,28-26-,32-30-,38-35-/t57-/m1/s1. The van der Waals surface area contributed by atoms with Crippen molar-refractivity contribution in [1.82, 2.24) is 0 Å². The van der Waals surface area contributed by atoms with E-state index in [2.05, 4.69) is 106 Å². The van der Waals surface area contributed by atoms with Gasteiger partial charge in [0.1, 0.15) is 13.2 Å². The zero-order valence-electron chi connectivity index (χ0n) is 43.2. The van der Waals surface area contributed by atoms with Crippen LogP contribution >= 0.6 is 0 Å². The molecule has 0 unspecified atom stereocenters. The van der Waals surface area contributed by atoms with Gasteiger partial charge in [0.2, 0.25) is 0 Å². The molecule has 1 atom stereocenters. The number of unbranched alkanes of at least 4 members (excludes halogenated alkanes) is 24. The lowest BCUT2D eigenvalue weighted by Gasteiger charge is -2.18. The van der Waals surface area contributed by atoms with Crippen LogP contribution in [0.3, 0.4) is 0 Å². The molecular weight excluding hydrogens is 817 g/mol. The quantitative estimate of drug-likeness (QED) is 0.0262. The Labute approximate surface area is 407 Å². The number of rotatable bonds is 49. The minimum Gasteiger partial charge on any atom is -0.462 e. The van der Waals surface area contributed by atoms with Crippen molar-refractivity contribution in [3.05, 3.63) is 85.1 Å². The van der Waals surface area contributed by atoms with Gasteiger partial charge in [-0.2, -0.15) is 0 Å². The normalized spacial score (nSPS) is 12.7. The molecule has 0 aromatic carbocycles. The van der Waals surface area contributed by atoms with E-state index in [-0.39, 0.29) is 31.1 Å². The summed E-state index contributed by atoms with van der Waals surface area (Å²) in [5.41, 5.74) is 0. The summed E-state index contributed by atoms with van der Waals surface area (Å²) < 4.78 is 16.8. The molecule has 6 nitrogen and oxygen atoms in total. The second kappa shape index (κ2) is 54.2. The highest BCUT2D eigenvalue weighted by molar-refractivity contribution is 5.71. The molecule has 0 aromatic rings. The van der Waals surface area contributed by atoms with Crippen molar-refractivity contribution in [2.75, 3.05) is 13.2 Å². The smallest absolute Gasteiger partial charge is 0.306 e. The Kier molecular flexibility index (Phi) is 51.4. The van der Waals surface area contributed by atoms with Crippen molar-refractivity contribution >= 4 is 17.9 Å². The van der Waals surface area contributed by atoms with E-state index in [1.807, 2.05) is 0 Å². The average Bonchev–Trinajstić information content (AvgIpc) is 3.31. The molecule has 378 valence electrons. The lowest BCUT2D eigenvalue weighted by atomic mass is 10.0. The minimum absolute atomic E-state index is 0.0890. The maximum absolute atomic E-state index is 12.8. The fourth-order valence-corrected chi connectivity index (χ4v) is 7.50. The topological polar surface area (TPSA) is 78.9 Å². The summed E-state index contributed by atoms with van der Waals surface area (Å²) in [7, 11) is 0.